The van der Waals surface area contributed by atoms with E-state index in [-0.39, 0.29) is 0 Å². The maximum atomic E-state index is 9.01. The highest BCUT2D eigenvalue weighted by molar-refractivity contribution is 5.87. The second-order valence-corrected chi connectivity index (χ2v) is 3.73. The lowest BCUT2D eigenvalue weighted by Gasteiger charge is -2.04. The van der Waals surface area contributed by atoms with Crippen LogP contribution in [-0.2, 0) is 12.8 Å². The van der Waals surface area contributed by atoms with Gasteiger partial charge in [0.2, 0.25) is 0 Å². The molecule has 2 rings (SSSR count). The molecule has 0 bridgehead atoms. The van der Waals surface area contributed by atoms with Gasteiger partial charge in [-0.05, 0) is 35.4 Å². The molecule has 0 aliphatic heterocycles. The Bertz CT molecular complexity index is 439. The molecule has 0 amide bonds. The van der Waals surface area contributed by atoms with Crippen molar-refractivity contribution in [2.24, 2.45) is 5.16 Å². The third-order valence-corrected chi connectivity index (χ3v) is 2.46. The molecule has 0 spiro atoms. The van der Waals surface area contributed by atoms with E-state index in [1.165, 1.54) is 0 Å². The maximum absolute atomic E-state index is 9.01. The Morgan fingerprint density at radius 2 is 1.29 bits per heavy atom. The molecule has 17 heavy (non-hydrogen) atoms. The van der Waals surface area contributed by atoms with E-state index in [2.05, 4.69) is 15.1 Å². The Kier molecular flexibility index (Phi) is 3.81. The Balaban J connectivity index is 2.04. The molecular formula is C13H13N3O. The maximum Gasteiger partial charge on any atom is 0.0658 e. The smallest absolute Gasteiger partial charge is 0.0658 e. The summed E-state index contributed by atoms with van der Waals surface area (Å²) in [6, 6.07) is 7.66. The summed E-state index contributed by atoms with van der Waals surface area (Å²) in [5.74, 6) is 0. The van der Waals surface area contributed by atoms with E-state index in [9.17, 15) is 0 Å². The predicted octanol–water partition coefficient (Wildman–Crippen LogP) is 2.09. The first kappa shape index (κ1) is 11.3. The average molecular weight is 227 g/mol. The van der Waals surface area contributed by atoms with Crippen molar-refractivity contribution in [3.05, 3.63) is 60.2 Å². The molecule has 0 saturated carbocycles. The Morgan fingerprint density at radius 1 is 0.882 bits per heavy atom. The first-order chi connectivity index (χ1) is 8.38. The minimum atomic E-state index is 0.626. The van der Waals surface area contributed by atoms with Crippen molar-refractivity contribution in [1.82, 2.24) is 9.97 Å². The summed E-state index contributed by atoms with van der Waals surface area (Å²) < 4.78 is 0. The van der Waals surface area contributed by atoms with Gasteiger partial charge >= 0.3 is 0 Å². The molecule has 86 valence electrons. The van der Waals surface area contributed by atoms with Gasteiger partial charge < -0.3 is 5.21 Å². The van der Waals surface area contributed by atoms with Crippen LogP contribution in [0, 0.1) is 0 Å². The molecule has 2 heterocycles. The quantitative estimate of drug-likeness (QED) is 0.494. The number of hydrogen-bond acceptors (Lipinski definition) is 4. The fourth-order valence-corrected chi connectivity index (χ4v) is 1.61. The van der Waals surface area contributed by atoms with Gasteiger partial charge in [0.25, 0.3) is 0 Å². The molecule has 0 aliphatic carbocycles. The molecule has 0 atom stereocenters. The van der Waals surface area contributed by atoms with Gasteiger partial charge in [-0.3, -0.25) is 9.97 Å². The average Bonchev–Trinajstić information content (AvgIpc) is 2.40. The molecule has 0 aliphatic rings. The molecule has 0 radical (unpaired) electrons. The van der Waals surface area contributed by atoms with Gasteiger partial charge in [0.15, 0.2) is 0 Å². The number of rotatable bonds is 4. The fourth-order valence-electron chi connectivity index (χ4n) is 1.61. The highest BCUT2D eigenvalue weighted by Crippen LogP contribution is 2.05. The lowest BCUT2D eigenvalue weighted by molar-refractivity contribution is 0.317. The van der Waals surface area contributed by atoms with Crippen LogP contribution in [0.2, 0.25) is 0 Å². The van der Waals surface area contributed by atoms with Crippen LogP contribution in [0.5, 0.6) is 0 Å². The van der Waals surface area contributed by atoms with Crippen LogP contribution in [0.25, 0.3) is 0 Å². The molecule has 0 saturated heterocycles. The van der Waals surface area contributed by atoms with E-state index in [0.29, 0.717) is 12.8 Å². The van der Waals surface area contributed by atoms with E-state index < -0.39 is 0 Å². The summed E-state index contributed by atoms with van der Waals surface area (Å²) >= 11 is 0. The number of aromatic nitrogens is 2. The van der Waals surface area contributed by atoms with Crippen LogP contribution in [0.1, 0.15) is 11.1 Å². The van der Waals surface area contributed by atoms with E-state index in [1.807, 2.05) is 24.3 Å². The van der Waals surface area contributed by atoms with Crippen LogP contribution >= 0.6 is 0 Å². The van der Waals surface area contributed by atoms with Crippen LogP contribution in [0.3, 0.4) is 0 Å². The van der Waals surface area contributed by atoms with Crippen molar-refractivity contribution in [1.29, 1.82) is 0 Å². The lowest BCUT2D eigenvalue weighted by Crippen LogP contribution is -2.07. The molecule has 0 fully saturated rings. The summed E-state index contributed by atoms with van der Waals surface area (Å²) in [5, 5.41) is 12.4. The van der Waals surface area contributed by atoms with E-state index in [1.54, 1.807) is 24.8 Å². The monoisotopic (exact) mass is 227 g/mol. The molecule has 0 unspecified atom stereocenters. The SMILES string of the molecule is ON=C(Cc1ccncc1)Cc1ccncc1. The van der Waals surface area contributed by atoms with Gasteiger partial charge in [-0.15, -0.1) is 0 Å². The van der Waals surface area contributed by atoms with Crippen LogP contribution < -0.4 is 0 Å². The normalized spacial score (nSPS) is 9.88. The van der Waals surface area contributed by atoms with Crippen molar-refractivity contribution in [3.8, 4) is 0 Å². The minimum Gasteiger partial charge on any atom is -0.411 e. The zero-order valence-corrected chi connectivity index (χ0v) is 9.32. The largest absolute Gasteiger partial charge is 0.411 e. The molecule has 4 heteroatoms. The molecule has 0 aromatic carbocycles. The Hall–Kier alpha value is -2.23. The fraction of sp³-hybridized carbons (Fsp3) is 0.154. The van der Waals surface area contributed by atoms with Crippen LogP contribution in [0.15, 0.2) is 54.2 Å². The Morgan fingerprint density at radius 3 is 1.65 bits per heavy atom. The first-order valence-electron chi connectivity index (χ1n) is 5.36. The van der Waals surface area contributed by atoms with Gasteiger partial charge in [0.05, 0.1) is 5.71 Å². The van der Waals surface area contributed by atoms with Gasteiger partial charge in [-0.1, -0.05) is 5.16 Å². The first-order valence-corrected chi connectivity index (χ1v) is 5.36. The van der Waals surface area contributed by atoms with Gasteiger partial charge in [-0.25, -0.2) is 0 Å². The second-order valence-electron chi connectivity index (χ2n) is 3.73. The number of hydrogen-bond donors (Lipinski definition) is 1. The molecule has 2 aromatic heterocycles. The van der Waals surface area contributed by atoms with Gasteiger partial charge in [-0.2, -0.15) is 0 Å². The predicted molar refractivity (Wildman–Crippen MR) is 65.1 cm³/mol. The molecule has 2 aromatic rings. The van der Waals surface area contributed by atoms with Crippen molar-refractivity contribution >= 4 is 5.71 Å². The number of oxime groups is 1. The van der Waals surface area contributed by atoms with Crippen molar-refractivity contribution in [2.75, 3.05) is 0 Å². The van der Waals surface area contributed by atoms with Crippen molar-refractivity contribution in [2.45, 2.75) is 12.8 Å². The minimum absolute atomic E-state index is 0.626. The molecule has 4 nitrogen and oxygen atoms in total. The standard InChI is InChI=1S/C13H13N3O/c17-16-13(9-11-1-5-14-6-2-11)10-12-3-7-15-8-4-12/h1-8,17H,9-10H2. The summed E-state index contributed by atoms with van der Waals surface area (Å²) in [4.78, 5) is 7.90. The van der Waals surface area contributed by atoms with Crippen LogP contribution in [0.4, 0.5) is 0 Å². The van der Waals surface area contributed by atoms with Gasteiger partial charge in [0.1, 0.15) is 0 Å². The molecular weight excluding hydrogens is 214 g/mol. The van der Waals surface area contributed by atoms with Gasteiger partial charge in [0, 0.05) is 37.6 Å². The number of nitrogens with zero attached hydrogens (tertiary/aromatic N) is 3. The van der Waals surface area contributed by atoms with Crippen molar-refractivity contribution in [3.63, 3.8) is 0 Å². The van der Waals surface area contributed by atoms with Crippen molar-refractivity contribution < 1.29 is 5.21 Å². The van der Waals surface area contributed by atoms with E-state index in [0.717, 1.165) is 16.8 Å². The zero-order valence-electron chi connectivity index (χ0n) is 9.32. The summed E-state index contributed by atoms with van der Waals surface area (Å²) in [7, 11) is 0. The second kappa shape index (κ2) is 5.75. The third-order valence-electron chi connectivity index (χ3n) is 2.46. The van der Waals surface area contributed by atoms with E-state index >= 15 is 0 Å². The zero-order chi connectivity index (χ0) is 11.9. The van der Waals surface area contributed by atoms with Crippen LogP contribution in [-0.4, -0.2) is 20.9 Å². The summed E-state index contributed by atoms with van der Waals surface area (Å²) in [6.07, 6.45) is 8.18. The molecule has 1 N–H and O–H groups in total. The lowest BCUT2D eigenvalue weighted by atomic mass is 10.0. The third kappa shape index (κ3) is 3.38. The summed E-state index contributed by atoms with van der Waals surface area (Å²) in [5.41, 5.74) is 2.89. The number of pyridine rings is 2. The Labute approximate surface area is 99.7 Å². The highest BCUT2D eigenvalue weighted by Gasteiger charge is 2.04. The topological polar surface area (TPSA) is 58.4 Å². The highest BCUT2D eigenvalue weighted by atomic mass is 16.4. The summed E-state index contributed by atoms with van der Waals surface area (Å²) in [6.45, 7) is 0. The van der Waals surface area contributed by atoms with E-state index in [4.69, 9.17) is 5.21 Å².